The zero-order valence-electron chi connectivity index (χ0n) is 17.6. The highest BCUT2D eigenvalue weighted by Gasteiger charge is 2.32. The Balaban J connectivity index is 1.41. The second-order valence-electron chi connectivity index (χ2n) is 7.53. The molecule has 1 saturated heterocycles. The van der Waals surface area contributed by atoms with Crippen LogP contribution < -0.4 is 4.90 Å². The predicted octanol–water partition coefficient (Wildman–Crippen LogP) is 5.30. The molecule has 1 aliphatic heterocycles. The molecule has 0 radical (unpaired) electrons. The maximum absolute atomic E-state index is 13.2. The fourth-order valence-electron chi connectivity index (χ4n) is 3.51. The number of carbonyl (C=O) groups excluding carboxylic acids is 1. The number of aromatic nitrogens is 2. The summed E-state index contributed by atoms with van der Waals surface area (Å²) in [6.45, 7) is 3.48. The average molecular weight is 497 g/mol. The van der Waals surface area contributed by atoms with Gasteiger partial charge in [-0.1, -0.05) is 28.9 Å². The second-order valence-corrected chi connectivity index (χ2v) is 8.95. The SMILES string of the molecule is Cc1cc(CSc2ccccc2C(=O)N2CCN(c3ncc(C(F)(F)F)cc3Cl)CC2)on1. The van der Waals surface area contributed by atoms with Gasteiger partial charge in [-0.3, -0.25) is 4.79 Å². The number of alkyl halides is 3. The number of benzene rings is 1. The van der Waals surface area contributed by atoms with E-state index < -0.39 is 11.7 Å². The standard InChI is InChI=1S/C22H20ClF3N4O2S/c1-14-10-16(32-28-14)13-33-19-5-3-2-4-17(19)21(31)30-8-6-29(7-9-30)20-18(23)11-15(12-27-20)22(24,25)26/h2-5,10-12H,6-9,13H2,1H3. The second kappa shape index (κ2) is 9.64. The highest BCUT2D eigenvalue weighted by molar-refractivity contribution is 7.98. The van der Waals surface area contributed by atoms with Crippen molar-refractivity contribution in [1.82, 2.24) is 15.0 Å². The Labute approximate surface area is 197 Å². The minimum Gasteiger partial charge on any atom is -0.360 e. The van der Waals surface area contributed by atoms with E-state index in [2.05, 4.69) is 10.1 Å². The van der Waals surface area contributed by atoms with E-state index >= 15 is 0 Å². The molecule has 6 nitrogen and oxygen atoms in total. The molecule has 0 spiro atoms. The lowest BCUT2D eigenvalue weighted by molar-refractivity contribution is -0.137. The molecule has 11 heteroatoms. The summed E-state index contributed by atoms with van der Waals surface area (Å²) >= 11 is 7.57. The first-order valence-corrected chi connectivity index (χ1v) is 11.5. The lowest BCUT2D eigenvalue weighted by Gasteiger charge is -2.36. The first-order valence-electron chi connectivity index (χ1n) is 10.1. The Morgan fingerprint density at radius 2 is 1.91 bits per heavy atom. The summed E-state index contributed by atoms with van der Waals surface area (Å²) in [5.74, 6) is 1.47. The maximum atomic E-state index is 13.2. The number of hydrogen-bond acceptors (Lipinski definition) is 6. The fourth-order valence-corrected chi connectivity index (χ4v) is 4.72. The van der Waals surface area contributed by atoms with Gasteiger partial charge in [0.2, 0.25) is 0 Å². The van der Waals surface area contributed by atoms with Crippen LogP contribution in [0.5, 0.6) is 0 Å². The molecular formula is C22H20ClF3N4O2S. The van der Waals surface area contributed by atoms with Crippen molar-refractivity contribution >= 4 is 35.1 Å². The van der Waals surface area contributed by atoms with Gasteiger partial charge < -0.3 is 14.3 Å². The monoisotopic (exact) mass is 496 g/mol. The Morgan fingerprint density at radius 3 is 2.55 bits per heavy atom. The molecule has 0 unspecified atom stereocenters. The zero-order chi connectivity index (χ0) is 23.6. The lowest BCUT2D eigenvalue weighted by atomic mass is 10.1. The van der Waals surface area contributed by atoms with Gasteiger partial charge in [0.1, 0.15) is 11.6 Å². The van der Waals surface area contributed by atoms with Crippen molar-refractivity contribution in [2.45, 2.75) is 23.7 Å². The van der Waals surface area contributed by atoms with Crippen LogP contribution in [-0.2, 0) is 11.9 Å². The molecule has 0 N–H and O–H groups in total. The van der Waals surface area contributed by atoms with Crippen molar-refractivity contribution < 1.29 is 22.5 Å². The van der Waals surface area contributed by atoms with Crippen LogP contribution in [0.1, 0.15) is 27.4 Å². The van der Waals surface area contributed by atoms with E-state index in [0.717, 1.165) is 28.6 Å². The van der Waals surface area contributed by atoms with Crippen LogP contribution in [-0.4, -0.2) is 47.1 Å². The molecule has 3 heterocycles. The molecule has 174 valence electrons. The van der Waals surface area contributed by atoms with Crippen molar-refractivity contribution in [3.8, 4) is 0 Å². The molecule has 1 aromatic carbocycles. The van der Waals surface area contributed by atoms with Crippen molar-refractivity contribution in [1.29, 1.82) is 0 Å². The summed E-state index contributed by atoms with van der Waals surface area (Å²) in [6.07, 6.45) is -3.72. The van der Waals surface area contributed by atoms with Crippen LogP contribution in [0.25, 0.3) is 0 Å². The number of pyridine rings is 1. The summed E-state index contributed by atoms with van der Waals surface area (Å²) in [6, 6.07) is 10.1. The van der Waals surface area contributed by atoms with Gasteiger partial charge in [-0.25, -0.2) is 4.98 Å². The number of piperazine rings is 1. The number of anilines is 1. The molecule has 0 saturated carbocycles. The van der Waals surface area contributed by atoms with Crippen LogP contribution in [0.2, 0.25) is 5.02 Å². The van der Waals surface area contributed by atoms with Crippen LogP contribution in [0.4, 0.5) is 19.0 Å². The quantitative estimate of drug-likeness (QED) is 0.446. The normalized spacial score (nSPS) is 14.6. The summed E-state index contributed by atoms with van der Waals surface area (Å²) in [5.41, 5.74) is 0.507. The average Bonchev–Trinajstić information content (AvgIpc) is 3.22. The number of nitrogens with zero attached hydrogens (tertiary/aromatic N) is 4. The highest BCUT2D eigenvalue weighted by atomic mass is 35.5. The first kappa shape index (κ1) is 23.4. The van der Waals surface area contributed by atoms with Crippen LogP contribution >= 0.6 is 23.4 Å². The lowest BCUT2D eigenvalue weighted by Crippen LogP contribution is -2.49. The van der Waals surface area contributed by atoms with E-state index in [4.69, 9.17) is 16.1 Å². The third kappa shape index (κ3) is 5.44. The molecule has 1 fully saturated rings. The number of hydrogen-bond donors (Lipinski definition) is 0. The van der Waals surface area contributed by atoms with Gasteiger partial charge in [0, 0.05) is 43.3 Å². The van der Waals surface area contributed by atoms with E-state index in [1.54, 1.807) is 15.9 Å². The van der Waals surface area contributed by atoms with Gasteiger partial charge in [-0.2, -0.15) is 13.2 Å². The van der Waals surface area contributed by atoms with Gasteiger partial charge in [-0.05, 0) is 25.1 Å². The van der Waals surface area contributed by atoms with Gasteiger partial charge in [0.05, 0.1) is 27.6 Å². The van der Waals surface area contributed by atoms with Crippen molar-refractivity contribution in [3.63, 3.8) is 0 Å². The third-order valence-corrected chi connectivity index (χ3v) is 6.55. The number of rotatable bonds is 5. The van der Waals surface area contributed by atoms with Crippen LogP contribution in [0, 0.1) is 6.92 Å². The molecule has 0 aliphatic carbocycles. The van der Waals surface area contributed by atoms with Gasteiger partial charge in [0.15, 0.2) is 0 Å². The number of aryl methyl sites for hydroxylation is 1. The summed E-state index contributed by atoms with van der Waals surface area (Å²) < 4.78 is 43.8. The largest absolute Gasteiger partial charge is 0.417 e. The molecule has 0 bridgehead atoms. The minimum atomic E-state index is -4.50. The smallest absolute Gasteiger partial charge is 0.360 e. The minimum absolute atomic E-state index is 0.0611. The Morgan fingerprint density at radius 1 is 1.18 bits per heavy atom. The summed E-state index contributed by atoms with van der Waals surface area (Å²) in [7, 11) is 0. The molecule has 33 heavy (non-hydrogen) atoms. The molecule has 4 rings (SSSR count). The molecule has 3 aromatic rings. The molecular weight excluding hydrogens is 477 g/mol. The number of amides is 1. The third-order valence-electron chi connectivity index (χ3n) is 5.18. The van der Waals surface area contributed by atoms with E-state index in [-0.39, 0.29) is 16.7 Å². The van der Waals surface area contributed by atoms with Crippen molar-refractivity contribution in [2.24, 2.45) is 0 Å². The van der Waals surface area contributed by atoms with E-state index in [0.29, 0.717) is 37.5 Å². The van der Waals surface area contributed by atoms with E-state index in [9.17, 15) is 18.0 Å². The number of halogens is 4. The molecule has 0 atom stereocenters. The zero-order valence-corrected chi connectivity index (χ0v) is 19.2. The van der Waals surface area contributed by atoms with Gasteiger partial charge in [-0.15, -0.1) is 11.8 Å². The Hall–Kier alpha value is -2.72. The molecule has 1 aliphatic rings. The number of thioether (sulfide) groups is 1. The summed E-state index contributed by atoms with van der Waals surface area (Å²) in [5, 5.41) is 3.82. The van der Waals surface area contributed by atoms with E-state index in [1.807, 2.05) is 31.2 Å². The summed E-state index contributed by atoms with van der Waals surface area (Å²) in [4.78, 5) is 21.5. The number of carbonyl (C=O) groups is 1. The maximum Gasteiger partial charge on any atom is 0.417 e. The van der Waals surface area contributed by atoms with Crippen molar-refractivity contribution in [2.75, 3.05) is 31.1 Å². The highest BCUT2D eigenvalue weighted by Crippen LogP contribution is 2.34. The van der Waals surface area contributed by atoms with E-state index in [1.165, 1.54) is 11.8 Å². The van der Waals surface area contributed by atoms with Crippen LogP contribution in [0.15, 0.2) is 52.0 Å². The topological polar surface area (TPSA) is 62.5 Å². The Kier molecular flexibility index (Phi) is 6.85. The predicted molar refractivity (Wildman–Crippen MR) is 120 cm³/mol. The molecule has 2 aromatic heterocycles. The van der Waals surface area contributed by atoms with Crippen molar-refractivity contribution in [3.05, 3.63) is 70.2 Å². The van der Waals surface area contributed by atoms with Gasteiger partial charge >= 0.3 is 6.18 Å². The molecule has 1 amide bonds. The van der Waals surface area contributed by atoms with Crippen LogP contribution in [0.3, 0.4) is 0 Å². The Bertz CT molecular complexity index is 1150. The fraction of sp³-hybridized carbons (Fsp3) is 0.318. The first-order chi connectivity index (χ1) is 15.7. The van der Waals surface area contributed by atoms with Gasteiger partial charge in [0.25, 0.3) is 5.91 Å².